The second kappa shape index (κ2) is 5.65. The van der Waals surface area contributed by atoms with Gasteiger partial charge in [-0.25, -0.2) is 4.79 Å². The van der Waals surface area contributed by atoms with Crippen molar-refractivity contribution in [2.45, 2.75) is 19.4 Å². The molecule has 3 heteroatoms. The molecule has 18 heavy (non-hydrogen) atoms. The second-order valence-electron chi connectivity index (χ2n) is 4.42. The van der Waals surface area contributed by atoms with Crippen LogP contribution in [-0.2, 0) is 9.53 Å². The molecule has 0 bridgehead atoms. The summed E-state index contributed by atoms with van der Waals surface area (Å²) in [6.45, 7) is 2.38. The fraction of sp³-hybridized carbons (Fsp3) is 0.267. The van der Waals surface area contributed by atoms with E-state index in [-0.39, 0.29) is 6.10 Å². The zero-order valence-corrected chi connectivity index (χ0v) is 10.3. The molecule has 0 spiro atoms. The molecule has 0 amide bonds. The lowest BCUT2D eigenvalue weighted by Gasteiger charge is -2.02. The van der Waals surface area contributed by atoms with Crippen molar-refractivity contribution in [2.75, 3.05) is 6.61 Å². The molecule has 94 valence electrons. The molecule has 3 nitrogen and oxygen atoms in total. The molecule has 1 aliphatic heterocycles. The minimum Gasteiger partial charge on any atom is -0.478 e. The van der Waals surface area contributed by atoms with Gasteiger partial charge in [-0.15, -0.1) is 0 Å². The van der Waals surface area contributed by atoms with Gasteiger partial charge in [-0.1, -0.05) is 36.4 Å². The van der Waals surface area contributed by atoms with Gasteiger partial charge in [0.05, 0.1) is 12.7 Å². The van der Waals surface area contributed by atoms with Crippen molar-refractivity contribution in [2.24, 2.45) is 0 Å². The van der Waals surface area contributed by atoms with E-state index in [4.69, 9.17) is 9.84 Å². The van der Waals surface area contributed by atoms with Gasteiger partial charge >= 0.3 is 5.97 Å². The average molecular weight is 244 g/mol. The Labute approximate surface area is 106 Å². The first-order valence-corrected chi connectivity index (χ1v) is 5.94. The van der Waals surface area contributed by atoms with Crippen molar-refractivity contribution >= 4 is 12.0 Å². The Bertz CT molecular complexity index is 482. The van der Waals surface area contributed by atoms with E-state index in [0.29, 0.717) is 5.57 Å². The van der Waals surface area contributed by atoms with Gasteiger partial charge < -0.3 is 9.84 Å². The van der Waals surface area contributed by atoms with Crippen molar-refractivity contribution in [1.82, 2.24) is 0 Å². The number of hydrogen-bond donors (Lipinski definition) is 1. The SMILES string of the molecule is CC(=CC(=Cc1ccccc1)CC1CO1)C(=O)O. The third kappa shape index (κ3) is 3.86. The first-order valence-electron chi connectivity index (χ1n) is 5.94. The van der Waals surface area contributed by atoms with E-state index in [1.807, 2.05) is 36.4 Å². The van der Waals surface area contributed by atoms with Crippen molar-refractivity contribution in [3.05, 3.63) is 53.1 Å². The van der Waals surface area contributed by atoms with E-state index in [1.54, 1.807) is 13.0 Å². The van der Waals surface area contributed by atoms with Gasteiger partial charge in [-0.05, 0) is 24.1 Å². The summed E-state index contributed by atoms with van der Waals surface area (Å²) in [5.74, 6) is -0.884. The van der Waals surface area contributed by atoms with Crippen LogP contribution in [0.4, 0.5) is 0 Å². The van der Waals surface area contributed by atoms with Crippen molar-refractivity contribution in [1.29, 1.82) is 0 Å². The van der Waals surface area contributed by atoms with Crippen LogP contribution in [-0.4, -0.2) is 23.8 Å². The van der Waals surface area contributed by atoms with Gasteiger partial charge in [-0.2, -0.15) is 0 Å². The topological polar surface area (TPSA) is 49.8 Å². The standard InChI is InChI=1S/C15H16O3/c1-11(15(16)17)7-13(9-14-10-18-14)8-12-5-3-2-4-6-12/h2-8,14H,9-10H2,1H3,(H,16,17). The number of benzene rings is 1. The van der Waals surface area contributed by atoms with Crippen LogP contribution in [0.1, 0.15) is 18.9 Å². The smallest absolute Gasteiger partial charge is 0.331 e. The summed E-state index contributed by atoms with van der Waals surface area (Å²) in [4.78, 5) is 10.9. The fourth-order valence-corrected chi connectivity index (χ4v) is 1.71. The van der Waals surface area contributed by atoms with Gasteiger partial charge in [0.25, 0.3) is 0 Å². The Kier molecular flexibility index (Phi) is 3.95. The van der Waals surface area contributed by atoms with E-state index < -0.39 is 5.97 Å². The highest BCUT2D eigenvalue weighted by Gasteiger charge is 2.23. The second-order valence-corrected chi connectivity index (χ2v) is 4.42. The third-order valence-corrected chi connectivity index (χ3v) is 2.76. The molecule has 0 aromatic heterocycles. The minimum absolute atomic E-state index is 0.248. The Hall–Kier alpha value is -1.87. The number of carboxylic acid groups (broad SMARTS) is 1. The Morgan fingerprint density at radius 2 is 2.11 bits per heavy atom. The molecule has 1 fully saturated rings. The normalized spacial score (nSPS) is 19.7. The molecule has 0 radical (unpaired) electrons. The van der Waals surface area contributed by atoms with Gasteiger partial charge in [0.15, 0.2) is 0 Å². The van der Waals surface area contributed by atoms with Crippen LogP contribution < -0.4 is 0 Å². The highest BCUT2D eigenvalue weighted by Crippen LogP contribution is 2.22. The maximum absolute atomic E-state index is 10.9. The Balaban J connectivity index is 2.21. The molecule has 1 atom stereocenters. The molecular formula is C15H16O3. The van der Waals surface area contributed by atoms with Crippen LogP contribution in [0, 0.1) is 0 Å². The number of allylic oxidation sites excluding steroid dienone is 1. The van der Waals surface area contributed by atoms with Crippen LogP contribution in [0.3, 0.4) is 0 Å². The number of hydrogen-bond acceptors (Lipinski definition) is 2. The lowest BCUT2D eigenvalue weighted by Crippen LogP contribution is -1.98. The third-order valence-electron chi connectivity index (χ3n) is 2.76. The molecule has 1 unspecified atom stereocenters. The van der Waals surface area contributed by atoms with Crippen LogP contribution in [0.5, 0.6) is 0 Å². The molecule has 0 saturated carbocycles. The first kappa shape index (κ1) is 12.6. The number of epoxide rings is 1. The summed E-state index contributed by atoms with van der Waals surface area (Å²) >= 11 is 0. The van der Waals surface area contributed by atoms with Crippen LogP contribution in [0.15, 0.2) is 47.6 Å². The average Bonchev–Trinajstić information content (AvgIpc) is 3.14. The molecule has 1 aromatic carbocycles. The minimum atomic E-state index is -0.884. The number of carboxylic acids is 1. The molecule has 1 heterocycles. The summed E-state index contributed by atoms with van der Waals surface area (Å²) in [6.07, 6.45) is 4.74. The van der Waals surface area contributed by atoms with Gasteiger partial charge in [0.1, 0.15) is 0 Å². The molecule has 1 aromatic rings. The number of carbonyl (C=O) groups is 1. The molecule has 1 N–H and O–H groups in total. The van der Waals surface area contributed by atoms with Gasteiger partial charge in [-0.3, -0.25) is 0 Å². The van der Waals surface area contributed by atoms with Crippen LogP contribution in [0.2, 0.25) is 0 Å². The largest absolute Gasteiger partial charge is 0.478 e. The Morgan fingerprint density at radius 1 is 1.44 bits per heavy atom. The van der Waals surface area contributed by atoms with Gasteiger partial charge in [0, 0.05) is 12.0 Å². The number of aliphatic carboxylic acids is 1. The Morgan fingerprint density at radius 3 is 2.67 bits per heavy atom. The molecule has 1 saturated heterocycles. The number of ether oxygens (including phenoxy) is 1. The van der Waals surface area contributed by atoms with E-state index in [2.05, 4.69) is 0 Å². The van der Waals surface area contributed by atoms with E-state index in [9.17, 15) is 4.79 Å². The lowest BCUT2D eigenvalue weighted by molar-refractivity contribution is -0.132. The summed E-state index contributed by atoms with van der Waals surface area (Å²) in [6, 6.07) is 9.88. The predicted molar refractivity (Wildman–Crippen MR) is 70.2 cm³/mol. The predicted octanol–water partition coefficient (Wildman–Crippen LogP) is 2.89. The van der Waals surface area contributed by atoms with E-state index >= 15 is 0 Å². The van der Waals surface area contributed by atoms with E-state index in [0.717, 1.165) is 24.2 Å². The zero-order valence-electron chi connectivity index (χ0n) is 10.3. The molecular weight excluding hydrogens is 228 g/mol. The molecule has 2 rings (SSSR count). The summed E-state index contributed by atoms with van der Waals surface area (Å²) in [7, 11) is 0. The van der Waals surface area contributed by atoms with Gasteiger partial charge in [0.2, 0.25) is 0 Å². The number of rotatable bonds is 5. The fourth-order valence-electron chi connectivity index (χ4n) is 1.71. The maximum Gasteiger partial charge on any atom is 0.331 e. The molecule has 1 aliphatic rings. The van der Waals surface area contributed by atoms with Crippen LogP contribution in [0.25, 0.3) is 6.08 Å². The van der Waals surface area contributed by atoms with Crippen LogP contribution >= 0.6 is 0 Å². The monoisotopic (exact) mass is 244 g/mol. The summed E-state index contributed by atoms with van der Waals surface area (Å²) in [5.41, 5.74) is 2.41. The quantitative estimate of drug-likeness (QED) is 0.492. The van der Waals surface area contributed by atoms with Crippen molar-refractivity contribution < 1.29 is 14.6 Å². The highest BCUT2D eigenvalue weighted by atomic mass is 16.6. The lowest BCUT2D eigenvalue weighted by atomic mass is 10.0. The van der Waals surface area contributed by atoms with Crippen molar-refractivity contribution in [3.8, 4) is 0 Å². The highest BCUT2D eigenvalue weighted by molar-refractivity contribution is 5.86. The summed E-state index contributed by atoms with van der Waals surface area (Å²) in [5, 5.41) is 8.92. The summed E-state index contributed by atoms with van der Waals surface area (Å²) < 4.78 is 5.20. The zero-order chi connectivity index (χ0) is 13.0. The maximum atomic E-state index is 10.9. The van der Waals surface area contributed by atoms with Crippen molar-refractivity contribution in [3.63, 3.8) is 0 Å². The first-order chi connectivity index (χ1) is 8.65. The van der Waals surface area contributed by atoms with E-state index in [1.165, 1.54) is 0 Å². The molecule has 0 aliphatic carbocycles.